The van der Waals surface area contributed by atoms with Gasteiger partial charge in [-0.05, 0) is 32.2 Å². The fourth-order valence-electron chi connectivity index (χ4n) is 1.11. The topological polar surface area (TPSA) is 29.1 Å². The van der Waals surface area contributed by atoms with E-state index in [0.717, 1.165) is 5.56 Å². The molecule has 0 fully saturated rings. The van der Waals surface area contributed by atoms with Crippen LogP contribution in [-0.2, 0) is 0 Å². The Morgan fingerprint density at radius 1 is 1.53 bits per heavy atom. The molecule has 2 nitrogen and oxygen atoms in total. The molecule has 0 unspecified atom stereocenters. The van der Waals surface area contributed by atoms with Crippen molar-refractivity contribution in [3.05, 3.63) is 34.3 Å². The van der Waals surface area contributed by atoms with Gasteiger partial charge in [0.25, 0.3) is 0 Å². The average Bonchev–Trinajstić information content (AvgIpc) is 2.20. The summed E-state index contributed by atoms with van der Waals surface area (Å²) in [7, 11) is 1.83. The summed E-state index contributed by atoms with van der Waals surface area (Å²) in [6.45, 7) is 2.12. The number of hydrogen-bond acceptors (Lipinski definition) is 2. The summed E-state index contributed by atoms with van der Waals surface area (Å²) in [5, 5.41) is 3.39. The maximum atomic E-state index is 11.2. The number of benzene rings is 1. The van der Waals surface area contributed by atoms with Crippen LogP contribution in [0.5, 0.6) is 0 Å². The third-order valence-corrected chi connectivity index (χ3v) is 2.17. The van der Waals surface area contributed by atoms with Gasteiger partial charge in [-0.2, -0.15) is 0 Å². The second-order valence-corrected chi connectivity index (χ2v) is 3.49. The summed E-state index contributed by atoms with van der Waals surface area (Å²) < 4.78 is 0. The van der Waals surface area contributed by atoms with Crippen molar-refractivity contribution in [3.63, 3.8) is 0 Å². The molecule has 0 amide bonds. The van der Waals surface area contributed by atoms with Crippen LogP contribution in [-0.4, -0.2) is 19.4 Å². The Morgan fingerprint density at radius 2 is 2.27 bits per heavy atom. The molecule has 0 heterocycles. The van der Waals surface area contributed by atoms with E-state index in [0.29, 0.717) is 17.1 Å². The number of rotatable bonds is 2. The minimum Gasteiger partial charge on any atom is -0.309 e. The minimum atomic E-state index is -0.0442. The van der Waals surface area contributed by atoms with Crippen LogP contribution in [0.2, 0.25) is 5.02 Å². The monoisotopic (exact) mass is 221 g/mol. The van der Waals surface area contributed by atoms with Crippen LogP contribution >= 0.6 is 11.6 Å². The van der Waals surface area contributed by atoms with E-state index in [1.807, 2.05) is 7.05 Å². The van der Waals surface area contributed by atoms with Crippen molar-refractivity contribution in [1.82, 2.24) is 5.32 Å². The normalized spacial score (nSPS) is 9.27. The van der Waals surface area contributed by atoms with Crippen molar-refractivity contribution in [3.8, 4) is 11.8 Å². The van der Waals surface area contributed by atoms with Gasteiger partial charge in [0, 0.05) is 11.1 Å². The highest BCUT2D eigenvalue weighted by atomic mass is 35.5. The van der Waals surface area contributed by atoms with Crippen molar-refractivity contribution < 1.29 is 4.79 Å². The molecule has 0 atom stereocenters. The van der Waals surface area contributed by atoms with E-state index in [4.69, 9.17) is 11.6 Å². The predicted molar refractivity (Wildman–Crippen MR) is 62.3 cm³/mol. The second kappa shape index (κ2) is 5.55. The molecule has 3 heteroatoms. The zero-order chi connectivity index (χ0) is 11.3. The standard InChI is InChI=1S/C12H12ClNO/c1-9(15)11-8-10(4-3-7-14-2)5-6-12(11)13/h5-6,8,14H,7H2,1-2H3. The van der Waals surface area contributed by atoms with Crippen molar-refractivity contribution in [2.75, 3.05) is 13.6 Å². The number of carbonyl (C=O) groups excluding carboxylic acids is 1. The van der Waals surface area contributed by atoms with Gasteiger partial charge in [0.05, 0.1) is 11.6 Å². The molecule has 0 saturated heterocycles. The summed E-state index contributed by atoms with van der Waals surface area (Å²) in [5.41, 5.74) is 1.33. The highest BCUT2D eigenvalue weighted by molar-refractivity contribution is 6.33. The zero-order valence-corrected chi connectivity index (χ0v) is 9.48. The predicted octanol–water partition coefficient (Wildman–Crippen LogP) is 2.11. The van der Waals surface area contributed by atoms with Crippen molar-refractivity contribution in [2.24, 2.45) is 0 Å². The van der Waals surface area contributed by atoms with E-state index >= 15 is 0 Å². The number of nitrogens with one attached hydrogen (secondary N) is 1. The molecule has 0 aromatic heterocycles. The Hall–Kier alpha value is -1.30. The molecule has 0 spiro atoms. The van der Waals surface area contributed by atoms with Crippen LogP contribution in [0.15, 0.2) is 18.2 Å². The van der Waals surface area contributed by atoms with E-state index in [-0.39, 0.29) is 5.78 Å². The number of carbonyl (C=O) groups is 1. The first-order valence-electron chi connectivity index (χ1n) is 4.59. The molecule has 0 aliphatic rings. The molecule has 1 aromatic carbocycles. The van der Waals surface area contributed by atoms with E-state index in [2.05, 4.69) is 17.2 Å². The van der Waals surface area contributed by atoms with Gasteiger partial charge in [-0.15, -0.1) is 0 Å². The lowest BCUT2D eigenvalue weighted by molar-refractivity contribution is 0.101. The molecular weight excluding hydrogens is 210 g/mol. The summed E-state index contributed by atoms with van der Waals surface area (Å²) in [6.07, 6.45) is 0. The first-order valence-corrected chi connectivity index (χ1v) is 4.97. The molecule has 0 aliphatic heterocycles. The van der Waals surface area contributed by atoms with Crippen LogP contribution in [0.1, 0.15) is 22.8 Å². The van der Waals surface area contributed by atoms with E-state index in [1.54, 1.807) is 18.2 Å². The van der Waals surface area contributed by atoms with Crippen LogP contribution in [0.3, 0.4) is 0 Å². The number of ketones is 1. The fraction of sp³-hybridized carbons (Fsp3) is 0.250. The maximum absolute atomic E-state index is 11.2. The molecule has 0 bridgehead atoms. The van der Waals surface area contributed by atoms with Crippen molar-refractivity contribution in [1.29, 1.82) is 0 Å². The van der Waals surface area contributed by atoms with Gasteiger partial charge in [-0.1, -0.05) is 23.4 Å². The van der Waals surface area contributed by atoms with E-state index in [9.17, 15) is 4.79 Å². The first kappa shape index (κ1) is 11.8. The van der Waals surface area contributed by atoms with Gasteiger partial charge in [-0.25, -0.2) is 0 Å². The molecule has 15 heavy (non-hydrogen) atoms. The number of hydrogen-bond donors (Lipinski definition) is 1. The summed E-state index contributed by atoms with van der Waals surface area (Å²) in [6, 6.07) is 5.21. The Bertz CT molecular complexity index is 429. The van der Waals surface area contributed by atoms with Crippen molar-refractivity contribution in [2.45, 2.75) is 6.92 Å². The lowest BCUT2D eigenvalue weighted by Crippen LogP contribution is -2.04. The average molecular weight is 222 g/mol. The summed E-state index contributed by atoms with van der Waals surface area (Å²) >= 11 is 5.87. The van der Waals surface area contributed by atoms with Gasteiger partial charge in [0.1, 0.15) is 0 Å². The molecule has 0 saturated carbocycles. The van der Waals surface area contributed by atoms with Gasteiger partial charge in [-0.3, -0.25) is 4.79 Å². The lowest BCUT2D eigenvalue weighted by atomic mass is 10.1. The lowest BCUT2D eigenvalue weighted by Gasteiger charge is -1.99. The van der Waals surface area contributed by atoms with Crippen molar-refractivity contribution >= 4 is 17.4 Å². The van der Waals surface area contributed by atoms with Gasteiger partial charge in [0.2, 0.25) is 0 Å². The van der Waals surface area contributed by atoms with Crippen LogP contribution in [0.25, 0.3) is 0 Å². The molecular formula is C12H12ClNO. The second-order valence-electron chi connectivity index (χ2n) is 3.08. The number of Topliss-reactive ketones (excluding diaryl/α,β-unsaturated/α-hetero) is 1. The highest BCUT2D eigenvalue weighted by Crippen LogP contribution is 2.17. The van der Waals surface area contributed by atoms with Crippen LogP contribution < -0.4 is 5.32 Å². The van der Waals surface area contributed by atoms with Crippen LogP contribution in [0, 0.1) is 11.8 Å². The Morgan fingerprint density at radius 3 is 2.87 bits per heavy atom. The molecule has 78 valence electrons. The SMILES string of the molecule is CNCC#Cc1ccc(Cl)c(C(C)=O)c1. The van der Waals surface area contributed by atoms with Gasteiger partial charge in [0.15, 0.2) is 5.78 Å². The maximum Gasteiger partial charge on any atom is 0.161 e. The Labute approximate surface area is 94.6 Å². The third-order valence-electron chi connectivity index (χ3n) is 1.84. The quantitative estimate of drug-likeness (QED) is 0.612. The smallest absolute Gasteiger partial charge is 0.161 e. The highest BCUT2D eigenvalue weighted by Gasteiger charge is 2.05. The molecule has 1 rings (SSSR count). The van der Waals surface area contributed by atoms with E-state index < -0.39 is 0 Å². The zero-order valence-electron chi connectivity index (χ0n) is 8.73. The Kier molecular flexibility index (Phi) is 4.36. The third kappa shape index (κ3) is 3.39. The molecule has 1 aromatic rings. The molecule has 1 N–H and O–H groups in total. The molecule has 0 aliphatic carbocycles. The summed E-state index contributed by atoms with van der Waals surface area (Å²) in [4.78, 5) is 11.2. The van der Waals surface area contributed by atoms with Gasteiger partial charge < -0.3 is 5.32 Å². The summed E-state index contributed by atoms with van der Waals surface area (Å²) in [5.74, 6) is 5.82. The molecule has 0 radical (unpaired) electrons. The first-order chi connectivity index (χ1) is 7.15. The number of halogens is 1. The minimum absolute atomic E-state index is 0.0442. The van der Waals surface area contributed by atoms with Crippen LogP contribution in [0.4, 0.5) is 0 Å². The van der Waals surface area contributed by atoms with Gasteiger partial charge >= 0.3 is 0 Å². The van der Waals surface area contributed by atoms with E-state index in [1.165, 1.54) is 6.92 Å². The Balaban J connectivity index is 2.99. The fourth-order valence-corrected chi connectivity index (χ4v) is 1.36. The largest absolute Gasteiger partial charge is 0.309 e.